The van der Waals surface area contributed by atoms with E-state index in [2.05, 4.69) is 32.2 Å². The fourth-order valence-corrected chi connectivity index (χ4v) is 5.88. The maximum atomic E-state index is 15.9. The van der Waals surface area contributed by atoms with Crippen LogP contribution in [0.15, 0.2) is 66.2 Å². The van der Waals surface area contributed by atoms with E-state index < -0.39 is 50.1 Å². The van der Waals surface area contributed by atoms with Gasteiger partial charge in [0, 0.05) is 24.7 Å². The average molecular weight is 619 g/mol. The quantitative estimate of drug-likeness (QED) is 0.137. The number of carbonyl (C=O) groups excluding carboxylic acids is 1. The van der Waals surface area contributed by atoms with Crippen LogP contribution in [0.25, 0.3) is 21.8 Å². The molecule has 0 aliphatic carbocycles. The minimum Gasteiger partial charge on any atom is -0.465 e. The topological polar surface area (TPSA) is 163 Å². The number of hydrogen-bond acceptors (Lipinski definition) is 8. The van der Waals surface area contributed by atoms with Crippen LogP contribution in [0.2, 0.25) is 0 Å². The molecule has 4 aromatic rings. The number of thiazole rings is 1. The summed E-state index contributed by atoms with van der Waals surface area (Å²) in [5.74, 6) is -3.92. The van der Waals surface area contributed by atoms with E-state index in [-0.39, 0.29) is 29.4 Å². The van der Waals surface area contributed by atoms with Crippen molar-refractivity contribution in [3.63, 3.8) is 0 Å². The van der Waals surface area contributed by atoms with Gasteiger partial charge in [0.05, 0.1) is 27.0 Å². The molecule has 2 heterocycles. The summed E-state index contributed by atoms with van der Waals surface area (Å²) in [6.07, 6.45) is 1.86. The Morgan fingerprint density at radius 2 is 1.88 bits per heavy atom. The van der Waals surface area contributed by atoms with Gasteiger partial charge in [0.25, 0.3) is 10.0 Å². The number of amides is 2. The number of benzene rings is 2. The summed E-state index contributed by atoms with van der Waals surface area (Å²) in [6.45, 7) is 3.50. The van der Waals surface area contributed by atoms with Crippen LogP contribution in [0, 0.1) is 17.5 Å². The van der Waals surface area contributed by atoms with E-state index >= 15 is 4.39 Å². The molecule has 2 amide bonds. The monoisotopic (exact) mass is 618 g/mol. The Labute approximate surface area is 241 Å². The summed E-state index contributed by atoms with van der Waals surface area (Å²) in [5, 5.41) is 13.9. The highest BCUT2D eigenvalue weighted by Crippen LogP contribution is 2.39. The number of hydrogen-bond donors (Lipinski definition) is 4. The van der Waals surface area contributed by atoms with Crippen LogP contribution < -0.4 is 15.4 Å². The van der Waals surface area contributed by atoms with E-state index in [4.69, 9.17) is 5.11 Å². The summed E-state index contributed by atoms with van der Waals surface area (Å²) < 4.78 is 71.3. The smallest absolute Gasteiger partial charge is 0.404 e. The molecule has 0 unspecified atom stereocenters. The molecule has 0 bridgehead atoms. The third-order valence-electron chi connectivity index (χ3n) is 5.50. The second-order valence-corrected chi connectivity index (χ2v) is 11.2. The number of carbonyl (C=O) groups is 2. The number of carboxylic acid groups (broad SMARTS) is 1. The van der Waals surface area contributed by atoms with Gasteiger partial charge in [0.2, 0.25) is 11.9 Å². The van der Waals surface area contributed by atoms with Gasteiger partial charge in [-0.05, 0) is 48.9 Å². The minimum atomic E-state index is -4.73. The van der Waals surface area contributed by atoms with Crippen molar-refractivity contribution in [1.29, 1.82) is 0 Å². The highest BCUT2D eigenvalue weighted by atomic mass is 32.2. The second kappa shape index (κ2) is 12.8. The number of anilines is 2. The van der Waals surface area contributed by atoms with Crippen molar-refractivity contribution in [1.82, 2.24) is 20.3 Å². The van der Waals surface area contributed by atoms with E-state index in [0.29, 0.717) is 34.9 Å². The Morgan fingerprint density at radius 3 is 2.62 bits per heavy atom. The highest BCUT2D eigenvalue weighted by molar-refractivity contribution is 7.92. The van der Waals surface area contributed by atoms with Crippen LogP contribution in [0.4, 0.5) is 29.6 Å². The summed E-state index contributed by atoms with van der Waals surface area (Å²) in [7, 11) is -4.73. The van der Waals surface area contributed by atoms with E-state index in [1.54, 1.807) is 0 Å². The van der Waals surface area contributed by atoms with Crippen molar-refractivity contribution >= 4 is 45.0 Å². The van der Waals surface area contributed by atoms with Gasteiger partial charge < -0.3 is 10.4 Å². The van der Waals surface area contributed by atoms with Crippen molar-refractivity contribution < 1.29 is 36.3 Å². The van der Waals surface area contributed by atoms with Crippen LogP contribution in [-0.4, -0.2) is 47.0 Å². The number of halogens is 3. The van der Waals surface area contributed by atoms with Crippen LogP contribution in [0.3, 0.4) is 0 Å². The Morgan fingerprint density at radius 1 is 1.10 bits per heavy atom. The minimum absolute atomic E-state index is 0.0661. The molecule has 2 aromatic heterocycles. The van der Waals surface area contributed by atoms with Crippen molar-refractivity contribution in [2.24, 2.45) is 0 Å². The fourth-order valence-electron chi connectivity index (χ4n) is 3.65. The van der Waals surface area contributed by atoms with Gasteiger partial charge >= 0.3 is 6.09 Å². The molecule has 0 radical (unpaired) electrons. The lowest BCUT2D eigenvalue weighted by molar-refractivity contribution is -0.111. The molecule has 16 heteroatoms. The molecule has 4 rings (SSSR count). The maximum Gasteiger partial charge on any atom is 0.404 e. The molecule has 0 saturated carbocycles. The van der Waals surface area contributed by atoms with E-state index in [0.717, 1.165) is 29.5 Å². The molecule has 2 aromatic carbocycles. The molecular formula is C26H21F3N6O5S2. The first-order valence-corrected chi connectivity index (χ1v) is 14.3. The first-order valence-electron chi connectivity index (χ1n) is 12.0. The molecule has 0 aliphatic rings. The van der Waals surface area contributed by atoms with Gasteiger partial charge in [-0.2, -0.15) is 0 Å². The summed E-state index contributed by atoms with van der Waals surface area (Å²) >= 11 is 1.12. The number of nitrogens with zero attached hydrogens (tertiary/aromatic N) is 3. The standard InChI is InChI=1S/C26H21F3N6O5S2/c1-2-20(36)33-25-30-12-10-18(32-25)24-23(34-21(41-24)7-4-11-31-26(37)38)15-5-3-6-17(22(15)29)35-42(39,40)19-13-14(27)8-9-16(19)28/h2-3,5-6,8-10,12-13,31,35H,1,4,7,11H2,(H,37,38)(H,30,32,33,36). The van der Waals surface area contributed by atoms with Crippen molar-refractivity contribution in [3.8, 4) is 21.8 Å². The number of sulfonamides is 1. The SMILES string of the molecule is C=CC(=O)Nc1nccc(-c2sc(CCCNC(=O)O)nc2-c2cccc(NS(=O)(=O)c3cc(F)ccc3F)c2F)n1. The Bertz CT molecular complexity index is 1780. The number of aromatic nitrogens is 3. The molecule has 0 spiro atoms. The third kappa shape index (κ3) is 7.08. The lowest BCUT2D eigenvalue weighted by atomic mass is 10.1. The highest BCUT2D eigenvalue weighted by Gasteiger charge is 2.25. The van der Waals surface area contributed by atoms with E-state index in [1.807, 2.05) is 4.72 Å². The Balaban J connectivity index is 1.76. The fraction of sp³-hybridized carbons (Fsp3) is 0.115. The van der Waals surface area contributed by atoms with Crippen molar-refractivity contribution in [2.45, 2.75) is 17.7 Å². The lowest BCUT2D eigenvalue weighted by Gasteiger charge is -2.12. The lowest BCUT2D eigenvalue weighted by Crippen LogP contribution is -2.22. The van der Waals surface area contributed by atoms with Gasteiger partial charge in [-0.25, -0.2) is 41.3 Å². The predicted octanol–water partition coefficient (Wildman–Crippen LogP) is 4.81. The van der Waals surface area contributed by atoms with Crippen LogP contribution in [0.5, 0.6) is 0 Å². The molecular weight excluding hydrogens is 597 g/mol. The molecule has 11 nitrogen and oxygen atoms in total. The summed E-state index contributed by atoms with van der Waals surface area (Å²) in [6, 6.07) is 7.13. The Hall–Kier alpha value is -4.83. The van der Waals surface area contributed by atoms with Gasteiger partial charge in [-0.1, -0.05) is 12.6 Å². The van der Waals surface area contributed by atoms with Gasteiger partial charge in [-0.15, -0.1) is 11.3 Å². The van der Waals surface area contributed by atoms with Gasteiger partial charge in [-0.3, -0.25) is 14.8 Å². The molecule has 4 N–H and O–H groups in total. The van der Waals surface area contributed by atoms with E-state index in [1.165, 1.54) is 24.4 Å². The average Bonchev–Trinajstić information content (AvgIpc) is 3.37. The van der Waals surface area contributed by atoms with Crippen molar-refractivity contribution in [3.05, 3.63) is 83.8 Å². The van der Waals surface area contributed by atoms with Gasteiger partial charge in [0.1, 0.15) is 16.5 Å². The molecule has 0 aliphatic heterocycles. The molecule has 0 atom stereocenters. The molecule has 0 fully saturated rings. The normalized spacial score (nSPS) is 11.1. The van der Waals surface area contributed by atoms with Crippen LogP contribution in [0.1, 0.15) is 11.4 Å². The van der Waals surface area contributed by atoms with Gasteiger partial charge in [0.15, 0.2) is 5.82 Å². The molecule has 0 saturated heterocycles. The third-order valence-corrected chi connectivity index (χ3v) is 8.02. The zero-order chi connectivity index (χ0) is 30.4. The maximum absolute atomic E-state index is 15.9. The number of rotatable bonds is 11. The van der Waals surface area contributed by atoms with Crippen LogP contribution >= 0.6 is 11.3 Å². The summed E-state index contributed by atoms with van der Waals surface area (Å²) in [4.78, 5) is 34.6. The predicted molar refractivity (Wildman–Crippen MR) is 149 cm³/mol. The summed E-state index contributed by atoms with van der Waals surface area (Å²) in [5.41, 5.74) is -0.384. The Kier molecular flexibility index (Phi) is 9.17. The molecule has 218 valence electrons. The van der Waals surface area contributed by atoms with E-state index in [9.17, 15) is 26.8 Å². The second-order valence-electron chi connectivity index (χ2n) is 8.43. The number of nitrogens with one attached hydrogen (secondary N) is 3. The largest absolute Gasteiger partial charge is 0.465 e. The number of aryl methyl sites for hydroxylation is 1. The first-order chi connectivity index (χ1) is 20.0. The van der Waals surface area contributed by atoms with Crippen LogP contribution in [-0.2, 0) is 21.2 Å². The molecule has 42 heavy (non-hydrogen) atoms. The zero-order valence-corrected chi connectivity index (χ0v) is 23.0. The zero-order valence-electron chi connectivity index (χ0n) is 21.4. The first kappa shape index (κ1) is 30.1. The van der Waals surface area contributed by atoms with Crippen molar-refractivity contribution in [2.75, 3.05) is 16.6 Å².